The quantitative estimate of drug-likeness (QED) is 0.505. The van der Waals surface area contributed by atoms with Gasteiger partial charge in [0.1, 0.15) is 5.60 Å². The smallest absolute Gasteiger partial charge is 0.333 e. The average Bonchev–Trinajstić information content (AvgIpc) is 1.82. The summed E-state index contributed by atoms with van der Waals surface area (Å²) in [5.41, 5.74) is 0.381. The van der Waals surface area contributed by atoms with Gasteiger partial charge in [0.25, 0.3) is 0 Å². The molecule has 0 aromatic carbocycles. The molecule has 3 nitrogen and oxygen atoms in total. The molecule has 0 saturated heterocycles. The van der Waals surface area contributed by atoms with Gasteiger partial charge < -0.3 is 10.1 Å². The highest BCUT2D eigenvalue weighted by Crippen LogP contribution is 2.07. The molecule has 0 unspecified atom stereocenters. The zero-order valence-corrected chi connectivity index (χ0v) is 8.39. The van der Waals surface area contributed by atoms with Crippen molar-refractivity contribution in [3.63, 3.8) is 0 Å². The van der Waals surface area contributed by atoms with Crippen LogP contribution >= 0.6 is 0 Å². The minimum Gasteiger partial charge on any atom is -0.457 e. The molecular formula is C9H17NO2. The maximum absolute atomic E-state index is 11.1. The summed E-state index contributed by atoms with van der Waals surface area (Å²) in [6, 6.07) is 0. The summed E-state index contributed by atoms with van der Waals surface area (Å²) in [6.45, 7) is 7.33. The molecular weight excluding hydrogens is 154 g/mol. The highest BCUT2D eigenvalue weighted by molar-refractivity contribution is 5.82. The monoisotopic (exact) mass is 171 g/mol. The van der Waals surface area contributed by atoms with E-state index in [2.05, 4.69) is 5.32 Å². The third-order valence-corrected chi connectivity index (χ3v) is 1.14. The molecule has 0 aromatic heterocycles. The van der Waals surface area contributed by atoms with Crippen molar-refractivity contribution >= 4 is 5.97 Å². The van der Waals surface area contributed by atoms with Crippen LogP contribution in [0.15, 0.2) is 11.8 Å². The van der Waals surface area contributed by atoms with Gasteiger partial charge in [0, 0.05) is 18.8 Å². The fourth-order valence-electron chi connectivity index (χ4n) is 0.580. The summed E-state index contributed by atoms with van der Waals surface area (Å²) >= 11 is 0. The van der Waals surface area contributed by atoms with Gasteiger partial charge in [0.05, 0.1) is 0 Å². The Hall–Kier alpha value is -0.990. The minimum absolute atomic E-state index is 0.311. The predicted molar refractivity (Wildman–Crippen MR) is 48.7 cm³/mol. The van der Waals surface area contributed by atoms with Gasteiger partial charge in [-0.05, 0) is 27.7 Å². The van der Waals surface area contributed by atoms with E-state index in [9.17, 15) is 4.79 Å². The minimum atomic E-state index is -0.415. The molecule has 0 amide bonds. The Morgan fingerprint density at radius 1 is 1.42 bits per heavy atom. The second kappa shape index (κ2) is 4.14. The molecule has 1 N–H and O–H groups in total. The maximum atomic E-state index is 11.1. The average molecular weight is 171 g/mol. The van der Waals surface area contributed by atoms with Crippen LogP contribution in [-0.4, -0.2) is 18.6 Å². The number of carbonyl (C=O) groups is 1. The summed E-state index contributed by atoms with van der Waals surface area (Å²) in [6.07, 6.45) is 1.44. The lowest BCUT2D eigenvalue weighted by atomic mass is 10.2. The van der Waals surface area contributed by atoms with Crippen molar-refractivity contribution in [3.8, 4) is 0 Å². The number of allylic oxidation sites excluding steroid dienone is 1. The van der Waals surface area contributed by atoms with Gasteiger partial charge in [-0.15, -0.1) is 0 Å². The summed E-state index contributed by atoms with van der Waals surface area (Å²) in [7, 11) is 1.76. The molecule has 0 bridgehead atoms. The van der Waals surface area contributed by atoms with Crippen LogP contribution in [0.4, 0.5) is 0 Å². The Balaban J connectivity index is 4.08. The zero-order chi connectivity index (χ0) is 9.78. The van der Waals surface area contributed by atoms with Crippen LogP contribution in [0, 0.1) is 0 Å². The molecule has 0 aromatic rings. The Morgan fingerprint density at radius 3 is 2.25 bits per heavy atom. The zero-order valence-electron chi connectivity index (χ0n) is 8.39. The molecule has 0 fully saturated rings. The number of nitrogens with one attached hydrogen (secondary N) is 1. The van der Waals surface area contributed by atoms with Gasteiger partial charge in [0.2, 0.25) is 0 Å². The number of hydrogen-bond donors (Lipinski definition) is 1. The number of esters is 1. The third-order valence-electron chi connectivity index (χ3n) is 1.14. The normalized spacial score (nSPS) is 12.6. The largest absolute Gasteiger partial charge is 0.457 e. The van der Waals surface area contributed by atoms with Gasteiger partial charge in [0.15, 0.2) is 0 Å². The predicted octanol–water partition coefficient (Wildman–Crippen LogP) is 1.45. The van der Waals surface area contributed by atoms with Gasteiger partial charge in [-0.3, -0.25) is 0 Å². The van der Waals surface area contributed by atoms with Crippen molar-refractivity contribution in [2.75, 3.05) is 7.05 Å². The first-order valence-corrected chi connectivity index (χ1v) is 3.94. The van der Waals surface area contributed by atoms with Gasteiger partial charge >= 0.3 is 5.97 Å². The summed E-state index contributed by atoms with van der Waals surface area (Å²) < 4.78 is 5.05. The van der Waals surface area contributed by atoms with E-state index in [0.29, 0.717) is 0 Å². The standard InChI is InChI=1S/C9H17NO2/c1-7(10-5)6-8(11)12-9(2,3)4/h6,10H,1-5H3/b7-6-. The van der Waals surface area contributed by atoms with Crippen molar-refractivity contribution in [1.82, 2.24) is 5.32 Å². The molecule has 0 atom stereocenters. The lowest BCUT2D eigenvalue weighted by Gasteiger charge is -2.18. The molecule has 12 heavy (non-hydrogen) atoms. The van der Waals surface area contributed by atoms with Crippen molar-refractivity contribution in [1.29, 1.82) is 0 Å². The topological polar surface area (TPSA) is 38.3 Å². The lowest BCUT2D eigenvalue weighted by Crippen LogP contribution is -2.23. The highest BCUT2D eigenvalue weighted by Gasteiger charge is 2.14. The molecule has 0 aliphatic rings. The fourth-order valence-corrected chi connectivity index (χ4v) is 0.580. The molecule has 0 saturated carbocycles. The van der Waals surface area contributed by atoms with E-state index in [1.165, 1.54) is 6.08 Å². The van der Waals surface area contributed by atoms with Crippen molar-refractivity contribution < 1.29 is 9.53 Å². The van der Waals surface area contributed by atoms with Crippen molar-refractivity contribution in [2.24, 2.45) is 0 Å². The first kappa shape index (κ1) is 11.0. The molecule has 0 aliphatic heterocycles. The van der Waals surface area contributed by atoms with Crippen LogP contribution in [-0.2, 0) is 9.53 Å². The summed E-state index contributed by atoms with van der Waals surface area (Å²) in [5.74, 6) is -0.311. The molecule has 0 radical (unpaired) electrons. The second-order valence-corrected chi connectivity index (χ2v) is 3.61. The van der Waals surface area contributed by atoms with Crippen LogP contribution in [0.25, 0.3) is 0 Å². The van der Waals surface area contributed by atoms with Crippen molar-refractivity contribution in [3.05, 3.63) is 11.8 Å². The molecule has 3 heteroatoms. The Labute approximate surface area is 73.8 Å². The van der Waals surface area contributed by atoms with E-state index < -0.39 is 5.60 Å². The van der Waals surface area contributed by atoms with E-state index in [0.717, 1.165) is 5.70 Å². The Morgan fingerprint density at radius 2 is 1.92 bits per heavy atom. The van der Waals surface area contributed by atoms with Gasteiger partial charge in [-0.2, -0.15) is 0 Å². The third kappa shape index (κ3) is 5.77. The maximum Gasteiger partial charge on any atom is 0.333 e. The number of carbonyl (C=O) groups excluding carboxylic acids is 1. The first-order chi connectivity index (χ1) is 5.35. The van der Waals surface area contributed by atoms with Crippen LogP contribution in [0.2, 0.25) is 0 Å². The SMILES string of the molecule is CN/C(C)=C\C(=O)OC(C)(C)C. The number of hydrogen-bond acceptors (Lipinski definition) is 3. The van der Waals surface area contributed by atoms with E-state index in [4.69, 9.17) is 4.74 Å². The van der Waals surface area contributed by atoms with Crippen LogP contribution in [0.1, 0.15) is 27.7 Å². The van der Waals surface area contributed by atoms with E-state index in [1.807, 2.05) is 27.7 Å². The van der Waals surface area contributed by atoms with Gasteiger partial charge in [-0.25, -0.2) is 4.79 Å². The summed E-state index contributed by atoms with van der Waals surface area (Å²) in [4.78, 5) is 11.1. The van der Waals surface area contributed by atoms with Crippen LogP contribution in [0.3, 0.4) is 0 Å². The molecule has 70 valence electrons. The van der Waals surface area contributed by atoms with E-state index in [1.54, 1.807) is 7.05 Å². The molecule has 0 rings (SSSR count). The number of rotatable bonds is 2. The molecule has 0 heterocycles. The van der Waals surface area contributed by atoms with Gasteiger partial charge in [-0.1, -0.05) is 0 Å². The van der Waals surface area contributed by atoms with Crippen molar-refractivity contribution in [2.45, 2.75) is 33.3 Å². The van der Waals surface area contributed by atoms with Crippen LogP contribution in [0.5, 0.6) is 0 Å². The van der Waals surface area contributed by atoms with E-state index in [-0.39, 0.29) is 5.97 Å². The lowest BCUT2D eigenvalue weighted by molar-refractivity contribution is -0.148. The molecule has 0 spiro atoms. The fraction of sp³-hybridized carbons (Fsp3) is 0.667. The van der Waals surface area contributed by atoms with E-state index >= 15 is 0 Å². The Bertz CT molecular complexity index is 189. The second-order valence-electron chi connectivity index (χ2n) is 3.61. The first-order valence-electron chi connectivity index (χ1n) is 3.94. The number of ether oxygens (including phenoxy) is 1. The van der Waals surface area contributed by atoms with Crippen LogP contribution < -0.4 is 5.32 Å². The highest BCUT2D eigenvalue weighted by atomic mass is 16.6. The molecule has 0 aliphatic carbocycles. The Kier molecular flexibility index (Phi) is 3.80. The summed E-state index contributed by atoms with van der Waals surface area (Å²) in [5, 5.41) is 2.84.